The van der Waals surface area contributed by atoms with Crippen molar-refractivity contribution in [1.82, 2.24) is 4.90 Å². The molecule has 1 aliphatic heterocycles. The van der Waals surface area contributed by atoms with Gasteiger partial charge in [-0.25, -0.2) is 0 Å². The molecule has 0 aliphatic carbocycles. The number of cyclic esters (lactones) is 1. The molecule has 0 saturated carbocycles. The van der Waals surface area contributed by atoms with Crippen molar-refractivity contribution in [2.75, 3.05) is 23.8 Å². The van der Waals surface area contributed by atoms with Crippen molar-refractivity contribution in [3.63, 3.8) is 0 Å². The fraction of sp³-hybridized carbons (Fsp3) is 0.286. The summed E-state index contributed by atoms with van der Waals surface area (Å²) in [6.45, 7) is 2.93. The number of hydrogen-bond donors (Lipinski definition) is 2. The zero-order chi connectivity index (χ0) is 19.9. The van der Waals surface area contributed by atoms with Crippen molar-refractivity contribution in [3.8, 4) is 0 Å². The highest BCUT2D eigenvalue weighted by atomic mass is 16.5. The van der Waals surface area contributed by atoms with Crippen molar-refractivity contribution in [3.05, 3.63) is 60.2 Å². The topological polar surface area (TPSA) is 87.7 Å². The third-order valence-corrected chi connectivity index (χ3v) is 4.43. The number of amides is 2. The molecule has 3 rings (SSSR count). The molecule has 146 valence electrons. The van der Waals surface area contributed by atoms with E-state index in [9.17, 15) is 14.4 Å². The molecule has 1 fully saturated rings. The molecule has 7 nitrogen and oxygen atoms in total. The van der Waals surface area contributed by atoms with Gasteiger partial charge in [0.2, 0.25) is 11.8 Å². The number of morpholine rings is 1. The summed E-state index contributed by atoms with van der Waals surface area (Å²) in [7, 11) is 0. The molecule has 1 heterocycles. The maximum Gasteiger partial charge on any atom is 0.323 e. The number of anilines is 2. The van der Waals surface area contributed by atoms with E-state index in [0.29, 0.717) is 31.1 Å². The molecule has 7 heteroatoms. The number of nitrogens with one attached hydrogen (secondary N) is 2. The predicted molar refractivity (Wildman–Crippen MR) is 106 cm³/mol. The molecule has 2 amide bonds. The van der Waals surface area contributed by atoms with Crippen LogP contribution in [0.1, 0.15) is 18.9 Å². The van der Waals surface area contributed by atoms with Gasteiger partial charge in [0.15, 0.2) is 0 Å². The van der Waals surface area contributed by atoms with Crippen molar-refractivity contribution in [2.24, 2.45) is 0 Å². The maximum absolute atomic E-state index is 12.5. The van der Waals surface area contributed by atoms with Crippen LogP contribution in [0, 0.1) is 0 Å². The lowest BCUT2D eigenvalue weighted by Gasteiger charge is -2.33. The lowest BCUT2D eigenvalue weighted by atomic mass is 10.1. The summed E-state index contributed by atoms with van der Waals surface area (Å²) in [5.41, 5.74) is 2.32. The molecule has 1 saturated heterocycles. The Labute approximate surface area is 163 Å². The molecule has 0 radical (unpaired) electrons. The fourth-order valence-electron chi connectivity index (χ4n) is 3.11. The van der Waals surface area contributed by atoms with E-state index in [0.717, 1.165) is 5.56 Å². The van der Waals surface area contributed by atoms with Crippen molar-refractivity contribution >= 4 is 29.2 Å². The van der Waals surface area contributed by atoms with E-state index in [-0.39, 0.29) is 24.2 Å². The first-order valence-electron chi connectivity index (χ1n) is 9.13. The Bertz CT molecular complexity index is 836. The number of benzene rings is 2. The molecular weight excluding hydrogens is 358 g/mol. The molecular formula is C21H23N3O4. The summed E-state index contributed by atoms with van der Waals surface area (Å²) in [4.78, 5) is 37.8. The van der Waals surface area contributed by atoms with Gasteiger partial charge in [0.1, 0.15) is 12.6 Å². The van der Waals surface area contributed by atoms with Gasteiger partial charge in [-0.15, -0.1) is 0 Å². The van der Waals surface area contributed by atoms with Crippen LogP contribution in [0.4, 0.5) is 11.4 Å². The Morgan fingerprint density at radius 2 is 1.68 bits per heavy atom. The largest absolute Gasteiger partial charge is 0.463 e. The number of carbonyl (C=O) groups excluding carboxylic acids is 3. The Morgan fingerprint density at radius 1 is 1.04 bits per heavy atom. The normalized spacial score (nSPS) is 16.9. The molecule has 0 unspecified atom stereocenters. The summed E-state index contributed by atoms with van der Waals surface area (Å²) in [6.07, 6.45) is 0.0130. The highest BCUT2D eigenvalue weighted by molar-refractivity contribution is 5.95. The first kappa shape index (κ1) is 19.6. The Balaban J connectivity index is 1.61. The second kappa shape index (κ2) is 9.14. The standard InChI is InChI=1S/C21H23N3O4/c1-15(25)22-17-7-9-18(10-8-17)23-20(26)13-19-21(27)28-12-11-24(19)14-16-5-3-2-4-6-16/h2-10,19H,11-14H2,1H3,(H,22,25)(H,23,26)/t19-/m0/s1. The van der Waals surface area contributed by atoms with E-state index in [1.165, 1.54) is 6.92 Å². The van der Waals surface area contributed by atoms with Gasteiger partial charge in [-0.05, 0) is 29.8 Å². The zero-order valence-electron chi connectivity index (χ0n) is 15.7. The van der Waals surface area contributed by atoms with Crippen LogP contribution in [0.3, 0.4) is 0 Å². The average Bonchev–Trinajstić information content (AvgIpc) is 2.66. The number of ether oxygens (including phenoxy) is 1. The minimum Gasteiger partial charge on any atom is -0.463 e. The molecule has 2 N–H and O–H groups in total. The minimum absolute atomic E-state index is 0.0130. The lowest BCUT2D eigenvalue weighted by Crippen LogP contribution is -2.49. The highest BCUT2D eigenvalue weighted by Gasteiger charge is 2.33. The number of carbonyl (C=O) groups is 3. The molecule has 0 aromatic heterocycles. The predicted octanol–water partition coefficient (Wildman–Crippen LogP) is 2.40. The molecule has 28 heavy (non-hydrogen) atoms. The molecule has 0 spiro atoms. The Kier molecular flexibility index (Phi) is 6.39. The smallest absolute Gasteiger partial charge is 0.323 e. The van der Waals surface area contributed by atoms with Crippen molar-refractivity contribution < 1.29 is 19.1 Å². The van der Waals surface area contributed by atoms with Gasteiger partial charge in [0.05, 0.1) is 6.42 Å². The third kappa shape index (κ3) is 5.40. The monoisotopic (exact) mass is 381 g/mol. The van der Waals surface area contributed by atoms with E-state index in [2.05, 4.69) is 10.6 Å². The lowest BCUT2D eigenvalue weighted by molar-refractivity contribution is -0.159. The summed E-state index contributed by atoms with van der Waals surface area (Å²) in [6, 6.07) is 16.0. The first-order valence-corrected chi connectivity index (χ1v) is 9.13. The van der Waals surface area contributed by atoms with Crippen molar-refractivity contribution in [1.29, 1.82) is 0 Å². The van der Waals surface area contributed by atoms with E-state index in [4.69, 9.17) is 4.74 Å². The molecule has 2 aromatic rings. The number of hydrogen-bond acceptors (Lipinski definition) is 5. The average molecular weight is 381 g/mol. The zero-order valence-corrected chi connectivity index (χ0v) is 15.7. The van der Waals surface area contributed by atoms with E-state index in [1.807, 2.05) is 35.2 Å². The van der Waals surface area contributed by atoms with Crippen LogP contribution in [-0.2, 0) is 25.7 Å². The highest BCUT2D eigenvalue weighted by Crippen LogP contribution is 2.18. The van der Waals surface area contributed by atoms with Gasteiger partial charge in [0, 0.05) is 31.4 Å². The van der Waals surface area contributed by atoms with Crippen molar-refractivity contribution in [2.45, 2.75) is 25.9 Å². The van der Waals surface area contributed by atoms with Gasteiger partial charge in [0.25, 0.3) is 0 Å². The second-order valence-corrected chi connectivity index (χ2v) is 6.65. The maximum atomic E-state index is 12.5. The van der Waals surface area contributed by atoms with Crippen LogP contribution in [0.25, 0.3) is 0 Å². The van der Waals surface area contributed by atoms with Gasteiger partial charge in [-0.3, -0.25) is 19.3 Å². The van der Waals surface area contributed by atoms with E-state index >= 15 is 0 Å². The fourth-order valence-corrected chi connectivity index (χ4v) is 3.11. The summed E-state index contributed by atoms with van der Waals surface area (Å²) in [5.74, 6) is -0.807. The summed E-state index contributed by atoms with van der Waals surface area (Å²) >= 11 is 0. The Morgan fingerprint density at radius 3 is 2.32 bits per heavy atom. The van der Waals surface area contributed by atoms with E-state index in [1.54, 1.807) is 24.3 Å². The van der Waals surface area contributed by atoms with E-state index < -0.39 is 6.04 Å². The number of nitrogens with zero attached hydrogens (tertiary/aromatic N) is 1. The number of esters is 1. The van der Waals surface area contributed by atoms with Crippen LogP contribution < -0.4 is 10.6 Å². The van der Waals surface area contributed by atoms with Gasteiger partial charge in [-0.2, -0.15) is 0 Å². The van der Waals surface area contributed by atoms with Gasteiger partial charge < -0.3 is 15.4 Å². The second-order valence-electron chi connectivity index (χ2n) is 6.65. The first-order chi connectivity index (χ1) is 13.5. The number of rotatable bonds is 6. The third-order valence-electron chi connectivity index (χ3n) is 4.43. The molecule has 2 aromatic carbocycles. The summed E-state index contributed by atoms with van der Waals surface area (Å²) < 4.78 is 5.16. The van der Waals surface area contributed by atoms with Gasteiger partial charge in [-0.1, -0.05) is 30.3 Å². The van der Waals surface area contributed by atoms with Gasteiger partial charge >= 0.3 is 5.97 Å². The van der Waals surface area contributed by atoms with Crippen LogP contribution in [-0.4, -0.2) is 41.9 Å². The van der Waals surface area contributed by atoms with Crippen LogP contribution in [0.15, 0.2) is 54.6 Å². The van der Waals surface area contributed by atoms with Crippen LogP contribution in [0.5, 0.6) is 0 Å². The van der Waals surface area contributed by atoms with Crippen LogP contribution in [0.2, 0.25) is 0 Å². The quantitative estimate of drug-likeness (QED) is 0.751. The Hall–Kier alpha value is -3.19. The minimum atomic E-state index is -0.618. The SMILES string of the molecule is CC(=O)Nc1ccc(NC(=O)C[C@H]2C(=O)OCCN2Cc2ccccc2)cc1. The molecule has 1 aliphatic rings. The van der Waals surface area contributed by atoms with Crippen LogP contribution >= 0.6 is 0 Å². The molecule has 0 bridgehead atoms. The molecule has 1 atom stereocenters. The summed E-state index contributed by atoms with van der Waals surface area (Å²) in [5, 5.41) is 5.45.